The van der Waals surface area contributed by atoms with Gasteiger partial charge in [-0.25, -0.2) is 0 Å². The monoisotopic (exact) mass is 507 g/mol. The Morgan fingerprint density at radius 2 is 1.71 bits per heavy atom. The quantitative estimate of drug-likeness (QED) is 0.348. The normalized spacial score (nSPS) is 17.9. The van der Waals surface area contributed by atoms with Crippen LogP contribution in [0.3, 0.4) is 0 Å². The van der Waals surface area contributed by atoms with Gasteiger partial charge >= 0.3 is 0 Å². The van der Waals surface area contributed by atoms with Gasteiger partial charge < -0.3 is 29.6 Å². The maximum Gasteiger partial charge on any atom is 0.232 e. The van der Waals surface area contributed by atoms with Gasteiger partial charge in [0.1, 0.15) is 22.8 Å². The molecule has 0 radical (unpaired) electrons. The van der Waals surface area contributed by atoms with Crippen LogP contribution in [0.4, 0.5) is 0 Å². The van der Waals surface area contributed by atoms with E-state index in [9.17, 15) is 19.3 Å². The molecule has 2 atom stereocenters. The first kappa shape index (κ1) is 26.3. The van der Waals surface area contributed by atoms with Crippen molar-refractivity contribution in [1.82, 2.24) is 0 Å². The summed E-state index contributed by atoms with van der Waals surface area (Å²) >= 11 is 1.17. The average Bonchev–Trinajstić information content (AvgIpc) is 2.84. The number of hydrogen-bond donors (Lipinski definition) is 2. The molecule has 0 spiro atoms. The zero-order chi connectivity index (χ0) is 24.8. The summed E-state index contributed by atoms with van der Waals surface area (Å²) in [5, 5.41) is 9.13. The van der Waals surface area contributed by atoms with Crippen LogP contribution in [0, 0.1) is 0 Å². The van der Waals surface area contributed by atoms with E-state index in [4.69, 9.17) is 19.9 Å². The second-order valence-corrected chi connectivity index (χ2v) is 14.0. The number of Topliss-reactive ketones (excluding diaryl/α,β-unsaturated/α-hetero) is 1. The van der Waals surface area contributed by atoms with Gasteiger partial charge in [0.15, 0.2) is 12.1 Å². The molecule has 184 valence electrons. The minimum absolute atomic E-state index is 0.134. The Hall–Kier alpha value is -2.32. The van der Waals surface area contributed by atoms with Crippen LogP contribution in [0.25, 0.3) is 0 Å². The molecule has 34 heavy (non-hydrogen) atoms. The fourth-order valence-corrected chi connectivity index (χ4v) is 8.96. The van der Waals surface area contributed by atoms with Crippen LogP contribution in [0.1, 0.15) is 29.6 Å². The SMILES string of the molecule is COc1ccc(C(=O)C(O)CCOc2ccc(SP(C)(=O)C3(C(N)=O)CCOCC3)cc2)cc1. The molecule has 3 rings (SSSR count). The number of nitrogens with two attached hydrogens (primary N) is 1. The number of amides is 1. The van der Waals surface area contributed by atoms with Crippen LogP contribution < -0.4 is 15.2 Å². The summed E-state index contributed by atoms with van der Waals surface area (Å²) in [4.78, 5) is 25.3. The first-order valence-electron chi connectivity index (χ1n) is 10.9. The van der Waals surface area contributed by atoms with E-state index in [-0.39, 0.29) is 18.8 Å². The number of carbonyl (C=O) groups excluding carboxylic acids is 2. The van der Waals surface area contributed by atoms with Gasteiger partial charge in [-0.2, -0.15) is 0 Å². The van der Waals surface area contributed by atoms with Crippen LogP contribution >= 0.6 is 17.7 Å². The highest BCUT2D eigenvalue weighted by Gasteiger charge is 2.51. The summed E-state index contributed by atoms with van der Waals surface area (Å²) in [5.41, 5.74) is 6.07. The van der Waals surface area contributed by atoms with Crippen LogP contribution in [0.2, 0.25) is 0 Å². The number of ketones is 1. The number of aliphatic hydroxyl groups is 1. The molecule has 2 aromatic carbocycles. The molecule has 1 heterocycles. The molecule has 0 bridgehead atoms. The van der Waals surface area contributed by atoms with Gasteiger partial charge in [-0.05, 0) is 68.0 Å². The molecule has 2 unspecified atom stereocenters. The molecule has 1 amide bonds. The van der Waals surface area contributed by atoms with E-state index in [1.54, 1.807) is 62.3 Å². The van der Waals surface area contributed by atoms with E-state index in [0.717, 1.165) is 4.90 Å². The first-order chi connectivity index (χ1) is 16.2. The van der Waals surface area contributed by atoms with Gasteiger partial charge in [0.2, 0.25) is 5.91 Å². The molecule has 1 aliphatic rings. The van der Waals surface area contributed by atoms with Crippen molar-refractivity contribution in [2.24, 2.45) is 5.73 Å². The summed E-state index contributed by atoms with van der Waals surface area (Å²) in [6.45, 7) is 2.48. The zero-order valence-corrected chi connectivity index (χ0v) is 21.0. The summed E-state index contributed by atoms with van der Waals surface area (Å²) in [6, 6.07) is 13.5. The van der Waals surface area contributed by atoms with E-state index in [2.05, 4.69) is 0 Å². The van der Waals surface area contributed by atoms with Crippen LogP contribution in [0.5, 0.6) is 11.5 Å². The van der Waals surface area contributed by atoms with Crippen molar-refractivity contribution in [2.75, 3.05) is 33.6 Å². The Bertz CT molecular complexity index is 1040. The molecule has 0 aromatic heterocycles. The molecule has 2 aromatic rings. The number of aliphatic hydroxyl groups excluding tert-OH is 1. The van der Waals surface area contributed by atoms with E-state index >= 15 is 0 Å². The molecule has 0 saturated carbocycles. The lowest BCUT2D eigenvalue weighted by molar-refractivity contribution is -0.122. The highest BCUT2D eigenvalue weighted by Crippen LogP contribution is 2.70. The van der Waals surface area contributed by atoms with Crippen LogP contribution in [-0.2, 0) is 14.1 Å². The Balaban J connectivity index is 1.53. The van der Waals surface area contributed by atoms with Gasteiger partial charge in [-0.15, -0.1) is 0 Å². The third-order valence-corrected chi connectivity index (χ3v) is 11.8. The van der Waals surface area contributed by atoms with E-state index in [1.807, 2.05) is 0 Å². The lowest BCUT2D eigenvalue weighted by Crippen LogP contribution is -2.47. The second kappa shape index (κ2) is 11.4. The Morgan fingerprint density at radius 1 is 1.12 bits per heavy atom. The predicted molar refractivity (Wildman–Crippen MR) is 131 cm³/mol. The molecule has 10 heteroatoms. The largest absolute Gasteiger partial charge is 0.497 e. The number of benzene rings is 2. The molecule has 1 saturated heterocycles. The lowest BCUT2D eigenvalue weighted by Gasteiger charge is -2.38. The van der Waals surface area contributed by atoms with Gasteiger partial charge in [0, 0.05) is 30.1 Å². The average molecular weight is 508 g/mol. The fourth-order valence-electron chi connectivity index (χ4n) is 3.81. The number of rotatable bonds is 11. The summed E-state index contributed by atoms with van der Waals surface area (Å²) in [7, 11) is 1.54. The number of hydrogen-bond acceptors (Lipinski definition) is 8. The highest BCUT2D eigenvalue weighted by molar-refractivity contribution is 8.58. The zero-order valence-electron chi connectivity index (χ0n) is 19.3. The highest BCUT2D eigenvalue weighted by atomic mass is 32.7. The summed E-state index contributed by atoms with van der Waals surface area (Å²) < 4.78 is 29.6. The third kappa shape index (κ3) is 6.02. The smallest absolute Gasteiger partial charge is 0.232 e. The van der Waals surface area contributed by atoms with Crippen molar-refractivity contribution in [1.29, 1.82) is 0 Å². The lowest BCUT2D eigenvalue weighted by atomic mass is 9.98. The van der Waals surface area contributed by atoms with Crippen LogP contribution in [0.15, 0.2) is 53.4 Å². The second-order valence-electron chi connectivity index (χ2n) is 8.16. The Kier molecular flexibility index (Phi) is 8.82. The van der Waals surface area contributed by atoms with Crippen molar-refractivity contribution in [3.05, 3.63) is 54.1 Å². The Labute approximate surface area is 203 Å². The van der Waals surface area contributed by atoms with E-state index < -0.39 is 23.5 Å². The minimum Gasteiger partial charge on any atom is -0.497 e. The summed E-state index contributed by atoms with van der Waals surface area (Å²) in [5.74, 6) is 0.257. The van der Waals surface area contributed by atoms with Gasteiger partial charge in [-0.3, -0.25) is 9.59 Å². The molecule has 8 nitrogen and oxygen atoms in total. The van der Waals surface area contributed by atoms with Crippen molar-refractivity contribution >= 4 is 29.4 Å². The van der Waals surface area contributed by atoms with Gasteiger partial charge in [0.05, 0.1) is 13.7 Å². The fraction of sp³-hybridized carbons (Fsp3) is 0.417. The van der Waals surface area contributed by atoms with Gasteiger partial charge in [0.25, 0.3) is 0 Å². The number of ether oxygens (including phenoxy) is 3. The molecule has 0 aliphatic carbocycles. The Morgan fingerprint density at radius 3 is 2.26 bits per heavy atom. The molecular formula is C24H30NO7PS. The molecule has 1 fully saturated rings. The molecule has 3 N–H and O–H groups in total. The standard InChI is InChI=1S/C24H30NO7PS/c1-30-18-5-3-17(4-6-18)22(27)21(26)11-14-32-19-7-9-20(10-8-19)34-33(2,29)24(23(25)28)12-15-31-16-13-24/h3-10,21,26H,11-16H2,1-2H3,(H2,25,28). The molecule has 1 aliphatic heterocycles. The van der Waals surface area contributed by atoms with Crippen LogP contribution in [-0.4, -0.2) is 61.7 Å². The number of methoxy groups -OCH3 is 1. The number of primary amides is 1. The van der Waals surface area contributed by atoms with Crippen molar-refractivity contribution in [3.63, 3.8) is 0 Å². The van der Waals surface area contributed by atoms with Crippen molar-refractivity contribution in [2.45, 2.75) is 35.4 Å². The topological polar surface area (TPSA) is 125 Å². The van der Waals surface area contributed by atoms with Crippen molar-refractivity contribution < 1.29 is 33.5 Å². The minimum atomic E-state index is -3.03. The third-order valence-electron chi connectivity index (χ3n) is 6.00. The van der Waals surface area contributed by atoms with Gasteiger partial charge in [-0.1, -0.05) is 11.4 Å². The summed E-state index contributed by atoms with van der Waals surface area (Å²) in [6.07, 6.45) is -3.38. The van der Waals surface area contributed by atoms with E-state index in [0.29, 0.717) is 43.1 Å². The predicted octanol–water partition coefficient (Wildman–Crippen LogP) is 3.74. The maximum absolute atomic E-state index is 13.6. The first-order valence-corrected chi connectivity index (χ1v) is 14.5. The maximum atomic E-state index is 13.6. The molecular weight excluding hydrogens is 477 g/mol. The number of carbonyl (C=O) groups is 2. The van der Waals surface area contributed by atoms with E-state index in [1.165, 1.54) is 11.4 Å². The van der Waals surface area contributed by atoms with Crippen molar-refractivity contribution in [3.8, 4) is 11.5 Å².